The highest BCUT2D eigenvalue weighted by atomic mass is 32.2. The Labute approximate surface area is 140 Å². The number of rotatable bonds is 5. The van der Waals surface area contributed by atoms with Crippen LogP contribution in [0, 0.1) is 5.41 Å². The maximum Gasteiger partial charge on any atom is 0.257 e. The third-order valence-corrected chi connectivity index (χ3v) is 5.92. The molecule has 23 heavy (non-hydrogen) atoms. The topological polar surface area (TPSA) is 80.5 Å². The molecule has 0 aliphatic carbocycles. The van der Waals surface area contributed by atoms with Gasteiger partial charge in [0.1, 0.15) is 11.3 Å². The van der Waals surface area contributed by atoms with Crippen molar-refractivity contribution in [3.05, 3.63) is 18.2 Å². The number of thioether (sulfide) groups is 1. The van der Waals surface area contributed by atoms with Crippen molar-refractivity contribution < 1.29 is 17.6 Å². The average molecular weight is 356 g/mol. The molecule has 0 radical (unpaired) electrons. The largest absolute Gasteiger partial charge is 0.431 e. The lowest BCUT2D eigenvalue weighted by molar-refractivity contribution is -0.123. The van der Waals surface area contributed by atoms with Crippen molar-refractivity contribution in [2.75, 3.05) is 19.8 Å². The zero-order valence-electron chi connectivity index (χ0n) is 13.8. The Kier molecular flexibility index (Phi) is 4.89. The Morgan fingerprint density at radius 3 is 2.52 bits per heavy atom. The first-order chi connectivity index (χ1) is 10.5. The van der Waals surface area contributed by atoms with Crippen LogP contribution in [0.2, 0.25) is 0 Å². The number of hydrogen-bond donors (Lipinski definition) is 0. The number of ketones is 1. The summed E-state index contributed by atoms with van der Waals surface area (Å²) in [6.45, 7) is 5.58. The van der Waals surface area contributed by atoms with Gasteiger partial charge in [0.15, 0.2) is 5.58 Å². The van der Waals surface area contributed by atoms with Crippen LogP contribution < -0.4 is 0 Å². The molecule has 1 heterocycles. The number of Topliss-reactive ketones (excluding diaryl/α,β-unsaturated/α-hetero) is 1. The zero-order valence-corrected chi connectivity index (χ0v) is 15.4. The van der Waals surface area contributed by atoms with Crippen molar-refractivity contribution in [2.24, 2.45) is 5.41 Å². The summed E-state index contributed by atoms with van der Waals surface area (Å²) in [4.78, 5) is 16.4. The van der Waals surface area contributed by atoms with Gasteiger partial charge in [-0.1, -0.05) is 32.5 Å². The van der Waals surface area contributed by atoms with Crippen LogP contribution in [0.15, 0.2) is 32.7 Å². The summed E-state index contributed by atoms with van der Waals surface area (Å²) in [5, 5.41) is 0.358. The number of benzene rings is 1. The van der Waals surface area contributed by atoms with Crippen LogP contribution in [0.4, 0.5) is 0 Å². The molecule has 0 aliphatic rings. The van der Waals surface area contributed by atoms with Gasteiger partial charge >= 0.3 is 0 Å². The SMILES string of the molecule is CN(C)S(=O)(=O)c1ccc2oc(SCC(=O)C(C)(C)C)nc2c1. The van der Waals surface area contributed by atoms with Gasteiger partial charge in [0.25, 0.3) is 5.22 Å². The number of sulfonamides is 1. The molecule has 8 heteroatoms. The summed E-state index contributed by atoms with van der Waals surface area (Å²) in [6, 6.07) is 4.54. The molecule has 0 saturated carbocycles. The molecule has 0 atom stereocenters. The van der Waals surface area contributed by atoms with E-state index in [9.17, 15) is 13.2 Å². The van der Waals surface area contributed by atoms with Gasteiger partial charge in [-0.2, -0.15) is 0 Å². The second-order valence-electron chi connectivity index (χ2n) is 6.36. The van der Waals surface area contributed by atoms with Crippen LogP contribution in [0.1, 0.15) is 20.8 Å². The number of hydrogen-bond acceptors (Lipinski definition) is 6. The third kappa shape index (κ3) is 3.94. The fraction of sp³-hybridized carbons (Fsp3) is 0.467. The lowest BCUT2D eigenvalue weighted by Gasteiger charge is -2.14. The number of oxazole rings is 1. The molecule has 0 bridgehead atoms. The average Bonchev–Trinajstić information content (AvgIpc) is 2.85. The van der Waals surface area contributed by atoms with Crippen LogP contribution in [0.25, 0.3) is 11.1 Å². The van der Waals surface area contributed by atoms with Gasteiger partial charge in [0.2, 0.25) is 10.0 Å². The van der Waals surface area contributed by atoms with Gasteiger partial charge in [-0.15, -0.1) is 0 Å². The summed E-state index contributed by atoms with van der Waals surface area (Å²) in [7, 11) is -0.566. The molecule has 0 fully saturated rings. The van der Waals surface area contributed by atoms with E-state index in [-0.39, 0.29) is 16.4 Å². The summed E-state index contributed by atoms with van der Waals surface area (Å²) in [5.41, 5.74) is 0.540. The van der Waals surface area contributed by atoms with E-state index in [1.54, 1.807) is 6.07 Å². The normalized spacial score (nSPS) is 13.0. The Bertz CT molecular complexity index is 833. The predicted octanol–water partition coefficient (Wildman–Crippen LogP) is 2.79. The van der Waals surface area contributed by atoms with Crippen molar-refractivity contribution in [3.63, 3.8) is 0 Å². The fourth-order valence-corrected chi connectivity index (χ4v) is 3.58. The van der Waals surface area contributed by atoms with Crippen LogP contribution in [0.3, 0.4) is 0 Å². The van der Waals surface area contributed by atoms with Gasteiger partial charge < -0.3 is 4.42 Å². The highest BCUT2D eigenvalue weighted by Crippen LogP contribution is 2.28. The van der Waals surface area contributed by atoms with Crippen LogP contribution >= 0.6 is 11.8 Å². The molecule has 0 N–H and O–H groups in total. The van der Waals surface area contributed by atoms with E-state index in [1.165, 1.54) is 38.0 Å². The van der Waals surface area contributed by atoms with Crippen LogP contribution in [-0.2, 0) is 14.8 Å². The molecule has 0 saturated heterocycles. The number of nitrogens with zero attached hydrogens (tertiary/aromatic N) is 2. The van der Waals surface area contributed by atoms with Gasteiger partial charge in [-0.3, -0.25) is 4.79 Å². The number of aromatic nitrogens is 1. The molecule has 1 aromatic carbocycles. The Hall–Kier alpha value is -1.38. The van der Waals surface area contributed by atoms with Gasteiger partial charge in [0, 0.05) is 19.5 Å². The second kappa shape index (κ2) is 6.26. The molecular formula is C15H20N2O4S2. The molecule has 126 valence electrons. The monoisotopic (exact) mass is 356 g/mol. The minimum absolute atomic E-state index is 0.0978. The molecular weight excluding hydrogens is 336 g/mol. The molecule has 2 aromatic rings. The molecule has 6 nitrogen and oxygen atoms in total. The smallest absolute Gasteiger partial charge is 0.257 e. The number of carbonyl (C=O) groups excluding carboxylic acids is 1. The Balaban J connectivity index is 2.25. The van der Waals surface area contributed by atoms with E-state index < -0.39 is 15.4 Å². The predicted molar refractivity (Wildman–Crippen MR) is 90.1 cm³/mol. The van der Waals surface area contributed by atoms with E-state index >= 15 is 0 Å². The minimum atomic E-state index is -3.51. The molecule has 0 unspecified atom stereocenters. The summed E-state index contributed by atoms with van der Waals surface area (Å²) in [6.07, 6.45) is 0. The van der Waals surface area contributed by atoms with E-state index in [1.807, 2.05) is 20.8 Å². The molecule has 0 aliphatic heterocycles. The highest BCUT2D eigenvalue weighted by molar-refractivity contribution is 7.99. The first-order valence-electron chi connectivity index (χ1n) is 7.01. The molecule has 0 amide bonds. The Morgan fingerprint density at radius 2 is 1.96 bits per heavy atom. The maximum atomic E-state index is 12.1. The lowest BCUT2D eigenvalue weighted by atomic mass is 9.92. The summed E-state index contributed by atoms with van der Waals surface area (Å²) >= 11 is 1.21. The van der Waals surface area contributed by atoms with Crippen molar-refractivity contribution in [1.29, 1.82) is 0 Å². The Morgan fingerprint density at radius 1 is 1.30 bits per heavy atom. The fourth-order valence-electron chi connectivity index (χ4n) is 1.66. The van der Waals surface area contributed by atoms with Gasteiger partial charge in [-0.05, 0) is 18.2 Å². The molecule has 2 rings (SSSR count). The minimum Gasteiger partial charge on any atom is -0.431 e. The van der Waals surface area contributed by atoms with Gasteiger partial charge in [-0.25, -0.2) is 17.7 Å². The highest BCUT2D eigenvalue weighted by Gasteiger charge is 2.22. The van der Waals surface area contributed by atoms with Crippen molar-refractivity contribution in [2.45, 2.75) is 30.9 Å². The first kappa shape index (κ1) is 18.0. The molecule has 1 aromatic heterocycles. The van der Waals surface area contributed by atoms with E-state index in [0.29, 0.717) is 16.3 Å². The van der Waals surface area contributed by atoms with Gasteiger partial charge in [0.05, 0.1) is 10.6 Å². The van der Waals surface area contributed by atoms with Crippen LogP contribution in [-0.4, -0.2) is 43.3 Å². The summed E-state index contributed by atoms with van der Waals surface area (Å²) < 4.78 is 30.9. The van der Waals surface area contributed by atoms with E-state index in [2.05, 4.69) is 4.98 Å². The second-order valence-corrected chi connectivity index (χ2v) is 9.44. The van der Waals surface area contributed by atoms with E-state index in [4.69, 9.17) is 4.42 Å². The quantitative estimate of drug-likeness (QED) is 0.766. The lowest BCUT2D eigenvalue weighted by Crippen LogP contribution is -2.22. The maximum absolute atomic E-state index is 12.1. The summed E-state index contributed by atoms with van der Waals surface area (Å²) in [5.74, 6) is 0.361. The van der Waals surface area contributed by atoms with Crippen molar-refractivity contribution >= 4 is 38.7 Å². The van der Waals surface area contributed by atoms with Crippen molar-refractivity contribution in [1.82, 2.24) is 9.29 Å². The number of carbonyl (C=O) groups is 1. The number of fused-ring (bicyclic) bond motifs is 1. The standard InChI is InChI=1S/C15H20N2O4S2/c1-15(2,3)13(18)9-22-14-16-11-8-10(6-7-12(11)21-14)23(19,20)17(4)5/h6-8H,9H2,1-5H3. The van der Waals surface area contributed by atoms with Crippen molar-refractivity contribution in [3.8, 4) is 0 Å². The van der Waals surface area contributed by atoms with Crippen LogP contribution in [0.5, 0.6) is 0 Å². The third-order valence-electron chi connectivity index (χ3n) is 3.28. The molecule has 0 spiro atoms. The first-order valence-corrected chi connectivity index (χ1v) is 9.43. The van der Waals surface area contributed by atoms with E-state index in [0.717, 1.165) is 4.31 Å². The zero-order chi connectivity index (χ0) is 17.4.